The van der Waals surface area contributed by atoms with E-state index in [1.54, 1.807) is 0 Å². The third kappa shape index (κ3) is 3.21. The lowest BCUT2D eigenvalue weighted by Gasteiger charge is -2.57. The highest BCUT2D eigenvalue weighted by Crippen LogP contribution is 2.60. The second-order valence-corrected chi connectivity index (χ2v) is 9.10. The van der Waals surface area contributed by atoms with Crippen LogP contribution in [0.1, 0.15) is 44.1 Å². The first-order chi connectivity index (χ1) is 11.5. The van der Waals surface area contributed by atoms with Crippen LogP contribution in [-0.2, 0) is 5.41 Å². The van der Waals surface area contributed by atoms with Gasteiger partial charge in [-0.25, -0.2) is 0 Å². The van der Waals surface area contributed by atoms with Gasteiger partial charge in [0.2, 0.25) is 0 Å². The summed E-state index contributed by atoms with van der Waals surface area (Å²) < 4.78 is 5.78. The number of rotatable bonds is 6. The number of hydrogen-bond donors (Lipinski definition) is 2. The van der Waals surface area contributed by atoms with Crippen LogP contribution in [0.5, 0.6) is 5.75 Å². The fraction of sp³-hybridized carbons (Fsp3) is 0.714. The average molecular weight is 330 g/mol. The number of ether oxygens (including phenoxy) is 1. The molecule has 24 heavy (non-hydrogen) atoms. The lowest BCUT2D eigenvalue weighted by Crippen LogP contribution is -3.07. The molecule has 3 heteroatoms. The molecular formula is C21H32NO2+. The van der Waals surface area contributed by atoms with Crippen LogP contribution in [0.15, 0.2) is 24.3 Å². The molecule has 4 aliphatic rings. The minimum absolute atomic E-state index is 0.377. The smallest absolute Gasteiger partial charge is 0.137 e. The summed E-state index contributed by atoms with van der Waals surface area (Å²) in [5, 5.41) is 9.94. The van der Waals surface area contributed by atoms with E-state index in [4.69, 9.17) is 4.74 Å². The second-order valence-electron chi connectivity index (χ2n) is 9.10. The Morgan fingerprint density at radius 2 is 1.58 bits per heavy atom. The number of nitrogens with one attached hydrogen (secondary N) is 1. The lowest BCUT2D eigenvalue weighted by molar-refractivity contribution is -0.861. The Morgan fingerprint density at radius 3 is 2.08 bits per heavy atom. The second kappa shape index (κ2) is 6.34. The van der Waals surface area contributed by atoms with Crippen LogP contribution in [0.25, 0.3) is 0 Å². The standard InChI is InChI=1S/C21H31NO2/c1-22(2)13-19(23)14-24-20-5-3-18(4-6-20)21-10-15-7-16(11-21)9-17(8-15)12-21/h3-6,15-17,19,23H,7-14H2,1-2H3/p+1/t15?,16?,17?,19-,21?/m0/s1. The topological polar surface area (TPSA) is 33.9 Å². The van der Waals surface area contributed by atoms with Crippen LogP contribution in [0, 0.1) is 17.8 Å². The molecule has 4 bridgehead atoms. The van der Waals surface area contributed by atoms with E-state index in [0.717, 1.165) is 23.5 Å². The van der Waals surface area contributed by atoms with E-state index in [1.165, 1.54) is 49.0 Å². The zero-order valence-corrected chi connectivity index (χ0v) is 15.1. The lowest BCUT2D eigenvalue weighted by atomic mass is 9.48. The van der Waals surface area contributed by atoms with E-state index >= 15 is 0 Å². The molecular weight excluding hydrogens is 298 g/mol. The molecule has 0 heterocycles. The summed E-state index contributed by atoms with van der Waals surface area (Å²) in [6.45, 7) is 1.09. The van der Waals surface area contributed by atoms with Gasteiger partial charge in [0.05, 0.1) is 14.1 Å². The Morgan fingerprint density at radius 1 is 1.04 bits per heavy atom. The van der Waals surface area contributed by atoms with Gasteiger partial charge < -0.3 is 14.7 Å². The van der Waals surface area contributed by atoms with Crippen molar-refractivity contribution < 1.29 is 14.7 Å². The molecule has 4 fully saturated rings. The third-order valence-electron chi connectivity index (χ3n) is 6.59. The highest BCUT2D eigenvalue weighted by atomic mass is 16.5. The van der Waals surface area contributed by atoms with Crippen molar-refractivity contribution in [2.24, 2.45) is 17.8 Å². The van der Waals surface area contributed by atoms with Crippen molar-refractivity contribution in [3.63, 3.8) is 0 Å². The van der Waals surface area contributed by atoms with Gasteiger partial charge in [0.25, 0.3) is 0 Å². The van der Waals surface area contributed by atoms with Crippen molar-refractivity contribution in [3.8, 4) is 5.75 Å². The largest absolute Gasteiger partial charge is 0.491 e. The van der Waals surface area contributed by atoms with E-state index < -0.39 is 6.10 Å². The molecule has 0 spiro atoms. The molecule has 1 aromatic rings. The van der Waals surface area contributed by atoms with Gasteiger partial charge in [-0.1, -0.05) is 12.1 Å². The number of aliphatic hydroxyl groups excluding tert-OH is 1. The molecule has 0 radical (unpaired) electrons. The van der Waals surface area contributed by atoms with Gasteiger partial charge in [0.15, 0.2) is 0 Å². The number of likely N-dealkylation sites (N-methyl/N-ethyl adjacent to an activating group) is 1. The summed E-state index contributed by atoms with van der Waals surface area (Å²) >= 11 is 0. The van der Waals surface area contributed by atoms with Gasteiger partial charge in [0, 0.05) is 0 Å². The third-order valence-corrected chi connectivity index (χ3v) is 6.59. The summed E-state index contributed by atoms with van der Waals surface area (Å²) in [5.74, 6) is 3.83. The van der Waals surface area contributed by atoms with Gasteiger partial charge in [-0.05, 0) is 79.4 Å². The first-order valence-corrected chi connectivity index (χ1v) is 9.73. The molecule has 0 aromatic heterocycles. The molecule has 4 aliphatic carbocycles. The minimum Gasteiger partial charge on any atom is -0.491 e. The molecule has 2 N–H and O–H groups in total. The Bertz CT molecular complexity index is 530. The molecule has 5 rings (SSSR count). The zero-order valence-electron chi connectivity index (χ0n) is 15.1. The predicted molar refractivity (Wildman–Crippen MR) is 95.5 cm³/mol. The molecule has 3 nitrogen and oxygen atoms in total. The van der Waals surface area contributed by atoms with E-state index in [2.05, 4.69) is 24.3 Å². The Balaban J connectivity index is 1.41. The summed E-state index contributed by atoms with van der Waals surface area (Å²) in [4.78, 5) is 1.24. The molecule has 1 aromatic carbocycles. The van der Waals surface area contributed by atoms with Gasteiger partial charge >= 0.3 is 0 Å². The van der Waals surface area contributed by atoms with Crippen LogP contribution in [0.3, 0.4) is 0 Å². The molecule has 4 saturated carbocycles. The van der Waals surface area contributed by atoms with Crippen molar-refractivity contribution in [2.45, 2.75) is 50.0 Å². The fourth-order valence-electron chi connectivity index (χ4n) is 6.09. The van der Waals surface area contributed by atoms with Crippen LogP contribution >= 0.6 is 0 Å². The molecule has 0 unspecified atom stereocenters. The highest BCUT2D eigenvalue weighted by Gasteiger charge is 2.51. The number of aliphatic hydroxyl groups is 1. The Kier molecular flexibility index (Phi) is 4.34. The van der Waals surface area contributed by atoms with E-state index in [-0.39, 0.29) is 0 Å². The van der Waals surface area contributed by atoms with Gasteiger partial charge in [-0.15, -0.1) is 0 Å². The van der Waals surface area contributed by atoms with E-state index in [1.807, 2.05) is 14.1 Å². The van der Waals surface area contributed by atoms with Crippen molar-refractivity contribution >= 4 is 0 Å². The van der Waals surface area contributed by atoms with Crippen molar-refractivity contribution in [1.82, 2.24) is 0 Å². The van der Waals surface area contributed by atoms with Gasteiger partial charge in [0.1, 0.15) is 25.0 Å². The fourth-order valence-corrected chi connectivity index (χ4v) is 6.09. The maximum absolute atomic E-state index is 9.94. The normalized spacial score (nSPS) is 35.4. The van der Waals surface area contributed by atoms with Crippen LogP contribution in [0.2, 0.25) is 0 Å². The van der Waals surface area contributed by atoms with Crippen molar-refractivity contribution in [3.05, 3.63) is 29.8 Å². The van der Waals surface area contributed by atoms with Crippen molar-refractivity contribution in [1.29, 1.82) is 0 Å². The Labute approximate surface area is 146 Å². The maximum atomic E-state index is 9.94. The summed E-state index contributed by atoms with van der Waals surface area (Å²) in [6, 6.07) is 8.82. The van der Waals surface area contributed by atoms with Gasteiger partial charge in [-0.2, -0.15) is 0 Å². The quantitative estimate of drug-likeness (QED) is 0.837. The summed E-state index contributed by atoms with van der Waals surface area (Å²) in [6.07, 6.45) is 8.29. The minimum atomic E-state index is -0.405. The first kappa shape index (κ1) is 16.4. The van der Waals surface area contributed by atoms with Crippen LogP contribution < -0.4 is 9.64 Å². The van der Waals surface area contributed by atoms with Crippen LogP contribution in [0.4, 0.5) is 0 Å². The molecule has 0 amide bonds. The zero-order chi connectivity index (χ0) is 16.7. The van der Waals surface area contributed by atoms with Crippen molar-refractivity contribution in [2.75, 3.05) is 27.2 Å². The van der Waals surface area contributed by atoms with E-state index in [0.29, 0.717) is 18.6 Å². The summed E-state index contributed by atoms with van der Waals surface area (Å²) in [7, 11) is 4.09. The van der Waals surface area contributed by atoms with Gasteiger partial charge in [-0.3, -0.25) is 0 Å². The molecule has 0 aliphatic heterocycles. The molecule has 0 saturated heterocycles. The number of benzene rings is 1. The monoisotopic (exact) mass is 330 g/mol. The molecule has 1 atom stereocenters. The first-order valence-electron chi connectivity index (χ1n) is 9.73. The molecule has 132 valence electrons. The van der Waals surface area contributed by atoms with E-state index in [9.17, 15) is 5.11 Å². The predicted octanol–water partition coefficient (Wildman–Crippen LogP) is 2.04. The highest BCUT2D eigenvalue weighted by molar-refractivity contribution is 5.34. The number of hydrogen-bond acceptors (Lipinski definition) is 2. The van der Waals surface area contributed by atoms with Crippen LogP contribution in [-0.4, -0.2) is 38.5 Å². The number of quaternary nitrogens is 1. The maximum Gasteiger partial charge on any atom is 0.137 e. The average Bonchev–Trinajstić information content (AvgIpc) is 2.51. The summed E-state index contributed by atoms with van der Waals surface area (Å²) in [5.41, 5.74) is 1.99. The Hall–Kier alpha value is -1.06. The SMILES string of the molecule is C[NH+](C)C[C@H](O)COc1ccc(C23CC4CC(CC(C4)C2)C3)cc1.